The topological polar surface area (TPSA) is 80.9 Å². The fourth-order valence-electron chi connectivity index (χ4n) is 1.35. The lowest BCUT2D eigenvalue weighted by atomic mass is 10.1. The molecule has 3 N–H and O–H groups in total. The first-order valence-corrected chi connectivity index (χ1v) is 5.96. The SMILES string of the molecule is Cc1nnc(NC(=O)c2cc(N)c(C)c(F)c2)s1. The van der Waals surface area contributed by atoms with E-state index in [1.807, 2.05) is 0 Å². The highest BCUT2D eigenvalue weighted by Gasteiger charge is 2.12. The van der Waals surface area contributed by atoms with E-state index in [2.05, 4.69) is 15.5 Å². The number of benzene rings is 1. The minimum Gasteiger partial charge on any atom is -0.398 e. The van der Waals surface area contributed by atoms with Crippen LogP contribution in [0.1, 0.15) is 20.9 Å². The van der Waals surface area contributed by atoms with Crippen LogP contribution >= 0.6 is 11.3 Å². The average molecular weight is 266 g/mol. The standard InChI is InChI=1S/C11H11FN4OS/c1-5-8(12)3-7(4-9(5)13)10(17)14-11-16-15-6(2)18-11/h3-4H,13H2,1-2H3,(H,14,16,17). The van der Waals surface area contributed by atoms with Gasteiger partial charge in [-0.15, -0.1) is 10.2 Å². The number of amides is 1. The number of nitrogen functional groups attached to an aromatic ring is 1. The number of halogens is 1. The fraction of sp³-hybridized carbons (Fsp3) is 0.182. The highest BCUT2D eigenvalue weighted by atomic mass is 32.1. The number of carbonyl (C=O) groups is 1. The van der Waals surface area contributed by atoms with Crippen LogP contribution in [0.3, 0.4) is 0 Å². The Morgan fingerprint density at radius 2 is 2.11 bits per heavy atom. The van der Waals surface area contributed by atoms with Gasteiger partial charge in [0.25, 0.3) is 5.91 Å². The molecule has 1 aromatic heterocycles. The molecule has 0 fully saturated rings. The highest BCUT2D eigenvalue weighted by molar-refractivity contribution is 7.15. The second-order valence-electron chi connectivity index (χ2n) is 3.75. The molecule has 0 aliphatic heterocycles. The third kappa shape index (κ3) is 2.45. The molecule has 2 aromatic rings. The van der Waals surface area contributed by atoms with E-state index in [4.69, 9.17) is 5.73 Å². The van der Waals surface area contributed by atoms with Gasteiger partial charge in [-0.3, -0.25) is 10.1 Å². The fourth-order valence-corrected chi connectivity index (χ4v) is 1.93. The zero-order valence-electron chi connectivity index (χ0n) is 9.82. The lowest BCUT2D eigenvalue weighted by Gasteiger charge is -2.06. The van der Waals surface area contributed by atoms with Crippen LogP contribution in [0.15, 0.2) is 12.1 Å². The Hall–Kier alpha value is -2.02. The Bertz CT molecular complexity index is 588. The van der Waals surface area contributed by atoms with Gasteiger partial charge < -0.3 is 5.73 Å². The molecule has 0 saturated carbocycles. The molecule has 0 unspecified atom stereocenters. The van der Waals surface area contributed by atoms with Crippen LogP contribution in [-0.2, 0) is 0 Å². The van der Waals surface area contributed by atoms with Crippen molar-refractivity contribution in [3.63, 3.8) is 0 Å². The maximum absolute atomic E-state index is 13.5. The summed E-state index contributed by atoms with van der Waals surface area (Å²) in [7, 11) is 0. The summed E-state index contributed by atoms with van der Waals surface area (Å²) < 4.78 is 13.5. The molecule has 1 heterocycles. The molecule has 0 atom stereocenters. The van der Waals surface area contributed by atoms with E-state index in [9.17, 15) is 9.18 Å². The molecule has 2 rings (SSSR count). The molecule has 0 aliphatic rings. The van der Waals surface area contributed by atoms with Crippen molar-refractivity contribution in [2.24, 2.45) is 0 Å². The summed E-state index contributed by atoms with van der Waals surface area (Å²) in [4.78, 5) is 11.8. The number of nitrogens with one attached hydrogen (secondary N) is 1. The number of rotatable bonds is 2. The van der Waals surface area contributed by atoms with E-state index in [0.29, 0.717) is 10.7 Å². The van der Waals surface area contributed by atoms with Crippen molar-refractivity contribution in [1.29, 1.82) is 0 Å². The molecule has 7 heteroatoms. The number of anilines is 2. The van der Waals surface area contributed by atoms with Gasteiger partial charge in [0.2, 0.25) is 5.13 Å². The molecule has 5 nitrogen and oxygen atoms in total. The average Bonchev–Trinajstić information content (AvgIpc) is 2.71. The Kier molecular flexibility index (Phi) is 3.24. The van der Waals surface area contributed by atoms with Crippen molar-refractivity contribution in [2.75, 3.05) is 11.1 Å². The maximum Gasteiger partial charge on any atom is 0.257 e. The number of hydrogen-bond donors (Lipinski definition) is 2. The van der Waals surface area contributed by atoms with Crippen molar-refractivity contribution in [1.82, 2.24) is 10.2 Å². The van der Waals surface area contributed by atoms with E-state index >= 15 is 0 Å². The quantitative estimate of drug-likeness (QED) is 0.816. The first-order chi connectivity index (χ1) is 8.47. The summed E-state index contributed by atoms with van der Waals surface area (Å²) in [6, 6.07) is 2.58. The van der Waals surface area contributed by atoms with Crippen LogP contribution in [0.25, 0.3) is 0 Å². The third-order valence-electron chi connectivity index (χ3n) is 2.39. The Labute approximate surface area is 107 Å². The minimum absolute atomic E-state index is 0.156. The molecule has 94 valence electrons. The van der Waals surface area contributed by atoms with Gasteiger partial charge in [0, 0.05) is 16.8 Å². The summed E-state index contributed by atoms with van der Waals surface area (Å²) in [6.45, 7) is 3.33. The van der Waals surface area contributed by atoms with Crippen LogP contribution in [-0.4, -0.2) is 16.1 Å². The number of aryl methyl sites for hydroxylation is 1. The molecule has 0 spiro atoms. The lowest BCUT2D eigenvalue weighted by Crippen LogP contribution is -2.13. The largest absolute Gasteiger partial charge is 0.398 e. The molecule has 1 amide bonds. The Morgan fingerprint density at radius 3 is 2.67 bits per heavy atom. The highest BCUT2D eigenvalue weighted by Crippen LogP contribution is 2.19. The first kappa shape index (κ1) is 12.4. The number of nitrogens with two attached hydrogens (primary N) is 1. The first-order valence-electron chi connectivity index (χ1n) is 5.14. The molecule has 0 aliphatic carbocycles. The summed E-state index contributed by atoms with van der Waals surface area (Å²) in [5.41, 5.74) is 6.34. The summed E-state index contributed by atoms with van der Waals surface area (Å²) in [6.07, 6.45) is 0. The summed E-state index contributed by atoms with van der Waals surface area (Å²) >= 11 is 1.24. The molecule has 0 radical (unpaired) electrons. The van der Waals surface area contributed by atoms with Gasteiger partial charge in [-0.25, -0.2) is 4.39 Å². The second kappa shape index (κ2) is 4.69. The van der Waals surface area contributed by atoms with Crippen molar-refractivity contribution >= 4 is 28.1 Å². The number of carbonyl (C=O) groups excluding carboxylic acids is 1. The second-order valence-corrected chi connectivity index (χ2v) is 4.93. The van der Waals surface area contributed by atoms with Crippen LogP contribution in [0.4, 0.5) is 15.2 Å². The van der Waals surface area contributed by atoms with Gasteiger partial charge in [-0.2, -0.15) is 0 Å². The molecule has 18 heavy (non-hydrogen) atoms. The molecular weight excluding hydrogens is 255 g/mol. The maximum atomic E-state index is 13.5. The van der Waals surface area contributed by atoms with Gasteiger partial charge in [0.15, 0.2) is 0 Å². The zero-order chi connectivity index (χ0) is 13.3. The van der Waals surface area contributed by atoms with E-state index < -0.39 is 11.7 Å². The number of nitrogens with zero attached hydrogens (tertiary/aromatic N) is 2. The predicted octanol–water partition coefficient (Wildman–Crippen LogP) is 2.13. The molecular formula is C11H11FN4OS. The smallest absolute Gasteiger partial charge is 0.257 e. The van der Waals surface area contributed by atoms with E-state index in [1.165, 1.54) is 17.4 Å². The van der Waals surface area contributed by atoms with Crippen molar-refractivity contribution < 1.29 is 9.18 Å². The summed E-state index contributed by atoms with van der Waals surface area (Å²) in [5, 5.41) is 11.2. The lowest BCUT2D eigenvalue weighted by molar-refractivity contribution is 0.102. The number of hydrogen-bond acceptors (Lipinski definition) is 5. The van der Waals surface area contributed by atoms with Gasteiger partial charge in [0.05, 0.1) is 0 Å². The summed E-state index contributed by atoms with van der Waals surface area (Å²) in [5.74, 6) is -0.967. The van der Waals surface area contributed by atoms with Crippen LogP contribution < -0.4 is 11.1 Å². The number of aromatic nitrogens is 2. The van der Waals surface area contributed by atoms with E-state index in [-0.39, 0.29) is 11.3 Å². The van der Waals surface area contributed by atoms with E-state index in [1.54, 1.807) is 13.8 Å². The zero-order valence-corrected chi connectivity index (χ0v) is 10.6. The van der Waals surface area contributed by atoms with Crippen molar-refractivity contribution in [3.8, 4) is 0 Å². The molecule has 0 saturated heterocycles. The van der Waals surface area contributed by atoms with Crippen molar-refractivity contribution in [3.05, 3.63) is 34.1 Å². The Balaban J connectivity index is 2.24. The van der Waals surface area contributed by atoms with Gasteiger partial charge in [0.1, 0.15) is 10.8 Å². The van der Waals surface area contributed by atoms with Gasteiger partial charge in [-0.05, 0) is 26.0 Å². The Morgan fingerprint density at radius 1 is 1.39 bits per heavy atom. The van der Waals surface area contributed by atoms with Crippen LogP contribution in [0.5, 0.6) is 0 Å². The van der Waals surface area contributed by atoms with Gasteiger partial charge in [-0.1, -0.05) is 11.3 Å². The monoisotopic (exact) mass is 266 g/mol. The predicted molar refractivity (Wildman–Crippen MR) is 68.1 cm³/mol. The molecule has 0 bridgehead atoms. The van der Waals surface area contributed by atoms with Crippen LogP contribution in [0, 0.1) is 19.7 Å². The normalized spacial score (nSPS) is 10.4. The van der Waals surface area contributed by atoms with Crippen molar-refractivity contribution in [2.45, 2.75) is 13.8 Å². The third-order valence-corrected chi connectivity index (χ3v) is 3.15. The van der Waals surface area contributed by atoms with Crippen LogP contribution in [0.2, 0.25) is 0 Å². The molecule has 1 aromatic carbocycles. The van der Waals surface area contributed by atoms with E-state index in [0.717, 1.165) is 11.1 Å². The minimum atomic E-state index is -0.506. The van der Waals surface area contributed by atoms with Gasteiger partial charge >= 0.3 is 0 Å².